The third-order valence-electron chi connectivity index (χ3n) is 7.45. The molecular formula is C20H36NO3+. The lowest BCUT2D eigenvalue weighted by Gasteiger charge is -2.57. The lowest BCUT2D eigenvalue weighted by Crippen LogP contribution is -2.55. The summed E-state index contributed by atoms with van der Waals surface area (Å²) in [7, 11) is 2.22. The zero-order chi connectivity index (χ0) is 16.6. The molecular weight excluding hydrogens is 302 g/mol. The maximum Gasteiger partial charge on any atom is 0.126 e. The van der Waals surface area contributed by atoms with E-state index in [1.165, 1.54) is 44.9 Å². The van der Waals surface area contributed by atoms with Gasteiger partial charge in [0, 0.05) is 6.61 Å². The van der Waals surface area contributed by atoms with E-state index in [0.29, 0.717) is 12.0 Å². The molecule has 4 aliphatic carbocycles. The summed E-state index contributed by atoms with van der Waals surface area (Å²) in [5.74, 6) is 3.06. The highest BCUT2D eigenvalue weighted by Gasteiger charge is 2.50. The second kappa shape index (κ2) is 6.86. The molecule has 138 valence electrons. The summed E-state index contributed by atoms with van der Waals surface area (Å²) in [6.07, 6.45) is 9.80. The largest absolute Gasteiger partial charge is 0.385 e. The number of rotatable bonds is 7. The van der Waals surface area contributed by atoms with Crippen molar-refractivity contribution in [3.8, 4) is 0 Å². The van der Waals surface area contributed by atoms with Crippen LogP contribution in [0.1, 0.15) is 44.9 Å². The molecule has 0 aromatic carbocycles. The second-order valence-corrected chi connectivity index (χ2v) is 9.76. The third kappa shape index (κ3) is 3.82. The molecule has 1 heterocycles. The molecule has 5 aliphatic rings. The summed E-state index contributed by atoms with van der Waals surface area (Å²) in [6.45, 7) is 5.78. The minimum absolute atomic E-state index is 0.343. The summed E-state index contributed by atoms with van der Waals surface area (Å²) < 4.78 is 12.3. The van der Waals surface area contributed by atoms with Gasteiger partial charge in [-0.3, -0.25) is 0 Å². The van der Waals surface area contributed by atoms with Crippen molar-refractivity contribution in [2.75, 3.05) is 53.1 Å². The molecule has 5 fully saturated rings. The molecule has 4 saturated carbocycles. The molecule has 5 rings (SSSR count). The number of quaternary nitrogens is 1. The van der Waals surface area contributed by atoms with Crippen molar-refractivity contribution in [1.29, 1.82) is 0 Å². The van der Waals surface area contributed by atoms with Gasteiger partial charge < -0.3 is 19.1 Å². The summed E-state index contributed by atoms with van der Waals surface area (Å²) in [5, 5.41) is 10.3. The van der Waals surface area contributed by atoms with Crippen LogP contribution in [-0.2, 0) is 9.47 Å². The van der Waals surface area contributed by atoms with Crippen LogP contribution in [0.4, 0.5) is 0 Å². The van der Waals surface area contributed by atoms with Gasteiger partial charge >= 0.3 is 0 Å². The summed E-state index contributed by atoms with van der Waals surface area (Å²) in [6, 6.07) is 0. The van der Waals surface area contributed by atoms with E-state index in [0.717, 1.165) is 61.7 Å². The Labute approximate surface area is 147 Å². The van der Waals surface area contributed by atoms with Gasteiger partial charge in [-0.25, -0.2) is 0 Å². The fraction of sp³-hybridized carbons (Fsp3) is 1.00. The summed E-state index contributed by atoms with van der Waals surface area (Å²) in [5.41, 5.74) is 0.600. The molecule has 24 heavy (non-hydrogen) atoms. The van der Waals surface area contributed by atoms with Crippen molar-refractivity contribution in [2.45, 2.75) is 51.0 Å². The molecule has 1 atom stereocenters. The highest BCUT2D eigenvalue weighted by molar-refractivity contribution is 5.01. The van der Waals surface area contributed by atoms with Crippen LogP contribution in [0.5, 0.6) is 0 Å². The minimum Gasteiger partial charge on any atom is -0.385 e. The van der Waals surface area contributed by atoms with Crippen molar-refractivity contribution < 1.29 is 19.1 Å². The van der Waals surface area contributed by atoms with Gasteiger partial charge in [-0.2, -0.15) is 0 Å². The van der Waals surface area contributed by atoms with E-state index in [9.17, 15) is 5.11 Å². The maximum atomic E-state index is 10.3. The number of aliphatic hydroxyl groups excluding tert-OH is 1. The molecule has 4 heteroatoms. The van der Waals surface area contributed by atoms with Gasteiger partial charge in [0.1, 0.15) is 25.7 Å². The number of nitrogens with zero attached hydrogens (tertiary/aromatic N) is 1. The van der Waals surface area contributed by atoms with Gasteiger partial charge in [-0.15, -0.1) is 0 Å². The molecule has 1 saturated heterocycles. The topological polar surface area (TPSA) is 38.7 Å². The SMILES string of the molecule is C[N+]1(CC(O)COCCC23CC4CC(CC(C4)C2)C3)CCOCC1. The van der Waals surface area contributed by atoms with Crippen molar-refractivity contribution in [3.63, 3.8) is 0 Å². The van der Waals surface area contributed by atoms with E-state index < -0.39 is 0 Å². The van der Waals surface area contributed by atoms with Crippen molar-refractivity contribution in [2.24, 2.45) is 23.2 Å². The van der Waals surface area contributed by atoms with Gasteiger partial charge in [-0.05, 0) is 68.1 Å². The van der Waals surface area contributed by atoms with Gasteiger partial charge in [0.05, 0.1) is 26.9 Å². The molecule has 0 radical (unpaired) electrons. The average Bonchev–Trinajstić information content (AvgIpc) is 2.50. The Balaban J connectivity index is 1.18. The molecule has 1 unspecified atom stereocenters. The van der Waals surface area contributed by atoms with Crippen LogP contribution in [-0.4, -0.2) is 68.8 Å². The zero-order valence-electron chi connectivity index (χ0n) is 15.4. The Morgan fingerprint density at radius 2 is 1.67 bits per heavy atom. The highest BCUT2D eigenvalue weighted by Crippen LogP contribution is 2.61. The third-order valence-corrected chi connectivity index (χ3v) is 7.45. The van der Waals surface area contributed by atoms with Gasteiger partial charge in [0.2, 0.25) is 0 Å². The lowest BCUT2D eigenvalue weighted by molar-refractivity contribution is -0.919. The van der Waals surface area contributed by atoms with E-state index in [1.807, 2.05) is 0 Å². The number of likely N-dealkylation sites (N-methyl/N-ethyl adjacent to an activating group) is 1. The fourth-order valence-corrected chi connectivity index (χ4v) is 6.63. The smallest absolute Gasteiger partial charge is 0.126 e. The summed E-state index contributed by atoms with van der Waals surface area (Å²) in [4.78, 5) is 0. The van der Waals surface area contributed by atoms with Crippen LogP contribution < -0.4 is 0 Å². The van der Waals surface area contributed by atoms with Crippen LogP contribution in [0, 0.1) is 23.2 Å². The molecule has 0 aromatic heterocycles. The molecule has 4 bridgehead atoms. The van der Waals surface area contributed by atoms with Crippen LogP contribution >= 0.6 is 0 Å². The molecule has 1 N–H and O–H groups in total. The monoisotopic (exact) mass is 338 g/mol. The fourth-order valence-electron chi connectivity index (χ4n) is 6.63. The normalized spacial score (nSPS) is 41.5. The maximum absolute atomic E-state index is 10.3. The van der Waals surface area contributed by atoms with E-state index >= 15 is 0 Å². The Bertz CT molecular complexity index is 397. The van der Waals surface area contributed by atoms with Crippen LogP contribution in [0.25, 0.3) is 0 Å². The predicted octanol–water partition coefficient (Wildman–Crippen LogP) is 2.45. The van der Waals surface area contributed by atoms with Gasteiger partial charge in [0.25, 0.3) is 0 Å². The Morgan fingerprint density at radius 1 is 1.08 bits per heavy atom. The molecule has 4 nitrogen and oxygen atoms in total. The van der Waals surface area contributed by atoms with E-state index in [2.05, 4.69) is 7.05 Å². The van der Waals surface area contributed by atoms with E-state index in [4.69, 9.17) is 9.47 Å². The number of ether oxygens (including phenoxy) is 2. The molecule has 0 amide bonds. The summed E-state index contributed by atoms with van der Waals surface area (Å²) >= 11 is 0. The highest BCUT2D eigenvalue weighted by atomic mass is 16.5. The number of aliphatic hydroxyl groups is 1. The van der Waals surface area contributed by atoms with Crippen LogP contribution in [0.15, 0.2) is 0 Å². The number of morpholine rings is 1. The zero-order valence-corrected chi connectivity index (χ0v) is 15.4. The molecule has 0 aromatic rings. The van der Waals surface area contributed by atoms with Crippen LogP contribution in [0.3, 0.4) is 0 Å². The average molecular weight is 339 g/mol. The van der Waals surface area contributed by atoms with Crippen molar-refractivity contribution in [3.05, 3.63) is 0 Å². The Morgan fingerprint density at radius 3 is 2.25 bits per heavy atom. The molecule has 0 spiro atoms. The van der Waals surface area contributed by atoms with E-state index in [1.54, 1.807) is 0 Å². The van der Waals surface area contributed by atoms with Gasteiger partial charge in [-0.1, -0.05) is 0 Å². The Hall–Kier alpha value is -0.160. The number of hydrogen-bond donors (Lipinski definition) is 1. The van der Waals surface area contributed by atoms with Crippen LogP contribution in [0.2, 0.25) is 0 Å². The van der Waals surface area contributed by atoms with Crippen molar-refractivity contribution >= 4 is 0 Å². The Kier molecular flexibility index (Phi) is 4.94. The van der Waals surface area contributed by atoms with Gasteiger partial charge in [0.15, 0.2) is 0 Å². The second-order valence-electron chi connectivity index (χ2n) is 9.76. The minimum atomic E-state index is -0.343. The first-order chi connectivity index (χ1) is 11.5. The quantitative estimate of drug-likeness (QED) is 0.572. The lowest BCUT2D eigenvalue weighted by atomic mass is 9.49. The predicted molar refractivity (Wildman–Crippen MR) is 93.7 cm³/mol. The van der Waals surface area contributed by atoms with Crippen molar-refractivity contribution in [1.82, 2.24) is 0 Å². The number of hydrogen-bond acceptors (Lipinski definition) is 3. The first-order valence-electron chi connectivity index (χ1n) is 10.2. The standard InChI is InChI=1S/C20H36NO3/c1-21(3-6-23-7-4-21)14-19(22)15-24-5-2-20-11-16-8-17(12-20)10-18(9-16)13-20/h16-19,22H,2-15H2,1H3/q+1. The first-order valence-corrected chi connectivity index (χ1v) is 10.2. The van der Waals surface area contributed by atoms with E-state index in [-0.39, 0.29) is 6.10 Å². The molecule has 1 aliphatic heterocycles. The first kappa shape index (κ1) is 17.3.